The summed E-state index contributed by atoms with van der Waals surface area (Å²) < 4.78 is 44.6. The maximum Gasteiger partial charge on any atom is 0.417 e. The summed E-state index contributed by atoms with van der Waals surface area (Å²) in [6.07, 6.45) is -5.10. The predicted octanol–water partition coefficient (Wildman–Crippen LogP) is 1.92. The molecule has 106 valence electrons. The number of halogens is 3. The van der Waals surface area contributed by atoms with Gasteiger partial charge in [0.05, 0.1) is 11.2 Å². The molecule has 0 spiro atoms. The standard InChI is InChI=1S/C11H18F3NO3/c1-8(2)5-6(9(3,4)18-8)10(15,7(16)17)11(12,13)14/h6H,5,15H2,1-4H3,(H,16,17). The van der Waals surface area contributed by atoms with Crippen LogP contribution in [0.4, 0.5) is 13.2 Å². The van der Waals surface area contributed by atoms with E-state index in [9.17, 15) is 18.0 Å². The van der Waals surface area contributed by atoms with E-state index in [2.05, 4.69) is 0 Å². The Balaban J connectivity index is 3.29. The molecule has 2 atom stereocenters. The van der Waals surface area contributed by atoms with E-state index in [0.717, 1.165) is 0 Å². The third-order valence-electron chi connectivity index (χ3n) is 3.45. The molecule has 0 bridgehead atoms. The van der Waals surface area contributed by atoms with Gasteiger partial charge < -0.3 is 15.6 Å². The number of carboxylic acid groups (broad SMARTS) is 1. The third kappa shape index (κ3) is 2.21. The molecule has 2 unspecified atom stereocenters. The zero-order valence-corrected chi connectivity index (χ0v) is 10.8. The summed E-state index contributed by atoms with van der Waals surface area (Å²) in [6, 6.07) is 0. The number of alkyl halides is 3. The average molecular weight is 269 g/mol. The van der Waals surface area contributed by atoms with Gasteiger partial charge in [0.1, 0.15) is 0 Å². The summed E-state index contributed by atoms with van der Waals surface area (Å²) in [5.41, 5.74) is -0.178. The van der Waals surface area contributed by atoms with E-state index in [1.54, 1.807) is 13.8 Å². The lowest BCUT2D eigenvalue weighted by Gasteiger charge is -2.38. The van der Waals surface area contributed by atoms with Gasteiger partial charge in [-0.15, -0.1) is 0 Å². The van der Waals surface area contributed by atoms with Gasteiger partial charge in [0.2, 0.25) is 5.54 Å². The van der Waals surface area contributed by atoms with Crippen LogP contribution in [-0.4, -0.2) is 34.0 Å². The number of aliphatic carboxylic acids is 1. The Morgan fingerprint density at radius 2 is 1.78 bits per heavy atom. The van der Waals surface area contributed by atoms with Crippen LogP contribution < -0.4 is 5.73 Å². The second kappa shape index (κ2) is 3.84. The second-order valence-electron chi connectivity index (χ2n) is 5.89. The summed E-state index contributed by atoms with van der Waals surface area (Å²) in [5.74, 6) is -3.42. The second-order valence-corrected chi connectivity index (χ2v) is 5.89. The van der Waals surface area contributed by atoms with Crippen molar-refractivity contribution in [1.82, 2.24) is 0 Å². The number of hydrogen-bond acceptors (Lipinski definition) is 3. The largest absolute Gasteiger partial charge is 0.480 e. The molecule has 1 heterocycles. The molecular weight excluding hydrogens is 251 g/mol. The van der Waals surface area contributed by atoms with Crippen molar-refractivity contribution >= 4 is 5.97 Å². The van der Waals surface area contributed by atoms with Gasteiger partial charge in [-0.1, -0.05) is 0 Å². The van der Waals surface area contributed by atoms with Crippen LogP contribution in [0.2, 0.25) is 0 Å². The Kier molecular flexibility index (Phi) is 3.25. The normalized spacial score (nSPS) is 29.9. The number of carbonyl (C=O) groups is 1. The molecule has 0 amide bonds. The minimum absolute atomic E-state index is 0.0672. The smallest absolute Gasteiger partial charge is 0.417 e. The van der Waals surface area contributed by atoms with Crippen LogP contribution in [0, 0.1) is 5.92 Å². The van der Waals surface area contributed by atoms with Crippen LogP contribution in [0.1, 0.15) is 34.1 Å². The molecule has 1 saturated heterocycles. The van der Waals surface area contributed by atoms with Crippen molar-refractivity contribution in [2.45, 2.75) is 57.0 Å². The van der Waals surface area contributed by atoms with E-state index >= 15 is 0 Å². The van der Waals surface area contributed by atoms with E-state index in [0.29, 0.717) is 0 Å². The zero-order chi connectivity index (χ0) is 14.6. The van der Waals surface area contributed by atoms with Crippen molar-refractivity contribution in [2.75, 3.05) is 0 Å². The lowest BCUT2D eigenvalue weighted by Crippen LogP contribution is -2.67. The number of nitrogens with two attached hydrogens (primary N) is 1. The highest BCUT2D eigenvalue weighted by Gasteiger charge is 2.69. The highest BCUT2D eigenvalue weighted by molar-refractivity contribution is 5.80. The van der Waals surface area contributed by atoms with Crippen molar-refractivity contribution in [3.8, 4) is 0 Å². The van der Waals surface area contributed by atoms with Crippen molar-refractivity contribution in [2.24, 2.45) is 11.7 Å². The highest BCUT2D eigenvalue weighted by atomic mass is 19.4. The van der Waals surface area contributed by atoms with Crippen molar-refractivity contribution in [3.05, 3.63) is 0 Å². The Morgan fingerprint density at radius 1 is 1.33 bits per heavy atom. The van der Waals surface area contributed by atoms with Gasteiger partial charge in [0.15, 0.2) is 0 Å². The van der Waals surface area contributed by atoms with E-state index in [1.165, 1.54) is 13.8 Å². The Labute approximate surface area is 103 Å². The van der Waals surface area contributed by atoms with Crippen LogP contribution in [0.25, 0.3) is 0 Å². The van der Waals surface area contributed by atoms with Crippen molar-refractivity contribution in [3.63, 3.8) is 0 Å². The number of hydrogen-bond donors (Lipinski definition) is 2. The molecule has 1 fully saturated rings. The first-order chi connectivity index (χ1) is 7.74. The predicted molar refractivity (Wildman–Crippen MR) is 58.0 cm³/mol. The van der Waals surface area contributed by atoms with Crippen molar-refractivity contribution in [1.29, 1.82) is 0 Å². The van der Waals surface area contributed by atoms with Gasteiger partial charge in [0.25, 0.3) is 0 Å². The molecule has 0 aromatic heterocycles. The summed E-state index contributed by atoms with van der Waals surface area (Å²) in [6.45, 7) is 6.10. The number of carboxylic acids is 1. The topological polar surface area (TPSA) is 72.6 Å². The molecule has 18 heavy (non-hydrogen) atoms. The lowest BCUT2D eigenvalue weighted by atomic mass is 9.72. The molecule has 0 aromatic rings. The van der Waals surface area contributed by atoms with Gasteiger partial charge in [-0.3, -0.25) is 0 Å². The molecule has 1 rings (SSSR count). The molecule has 0 radical (unpaired) electrons. The van der Waals surface area contributed by atoms with E-state index in [4.69, 9.17) is 15.6 Å². The Bertz CT molecular complexity index is 365. The molecule has 3 N–H and O–H groups in total. The first kappa shape index (κ1) is 15.2. The van der Waals surface area contributed by atoms with E-state index in [1.807, 2.05) is 0 Å². The van der Waals surface area contributed by atoms with Crippen LogP contribution >= 0.6 is 0 Å². The maximum absolute atomic E-state index is 13.0. The molecular formula is C11H18F3NO3. The summed E-state index contributed by atoms with van der Waals surface area (Å²) in [5, 5.41) is 8.93. The number of rotatable bonds is 2. The Hall–Kier alpha value is -0.820. The van der Waals surface area contributed by atoms with E-state index < -0.39 is 34.8 Å². The third-order valence-corrected chi connectivity index (χ3v) is 3.45. The summed E-state index contributed by atoms with van der Waals surface area (Å²) >= 11 is 0. The highest BCUT2D eigenvalue weighted by Crippen LogP contribution is 2.50. The Morgan fingerprint density at radius 3 is 2.00 bits per heavy atom. The van der Waals surface area contributed by atoms with E-state index in [-0.39, 0.29) is 6.42 Å². The van der Waals surface area contributed by atoms with Gasteiger partial charge >= 0.3 is 12.1 Å². The first-order valence-electron chi connectivity index (χ1n) is 5.53. The molecule has 1 aliphatic heterocycles. The van der Waals surface area contributed by atoms with Crippen LogP contribution in [0.15, 0.2) is 0 Å². The minimum atomic E-state index is -5.04. The fourth-order valence-corrected chi connectivity index (χ4v) is 2.74. The lowest BCUT2D eigenvalue weighted by molar-refractivity contribution is -0.222. The van der Waals surface area contributed by atoms with Gasteiger partial charge in [-0.25, -0.2) is 4.79 Å². The molecule has 7 heteroatoms. The minimum Gasteiger partial charge on any atom is -0.480 e. The quantitative estimate of drug-likeness (QED) is 0.803. The fourth-order valence-electron chi connectivity index (χ4n) is 2.74. The van der Waals surface area contributed by atoms with Gasteiger partial charge in [0, 0.05) is 5.92 Å². The monoisotopic (exact) mass is 269 g/mol. The van der Waals surface area contributed by atoms with Crippen LogP contribution in [0.3, 0.4) is 0 Å². The van der Waals surface area contributed by atoms with Crippen LogP contribution in [0.5, 0.6) is 0 Å². The van der Waals surface area contributed by atoms with Gasteiger partial charge in [-0.2, -0.15) is 13.2 Å². The molecule has 0 aliphatic carbocycles. The van der Waals surface area contributed by atoms with Gasteiger partial charge in [-0.05, 0) is 34.1 Å². The SMILES string of the molecule is CC1(C)CC(C(N)(C(=O)O)C(F)(F)F)C(C)(C)O1. The van der Waals surface area contributed by atoms with Crippen molar-refractivity contribution < 1.29 is 27.8 Å². The molecule has 1 aliphatic rings. The summed E-state index contributed by atoms with van der Waals surface area (Å²) in [4.78, 5) is 11.1. The molecule has 0 saturated carbocycles. The van der Waals surface area contributed by atoms with Crippen LogP contribution in [-0.2, 0) is 9.53 Å². The first-order valence-corrected chi connectivity index (χ1v) is 5.53. The fraction of sp³-hybridized carbons (Fsp3) is 0.909. The average Bonchev–Trinajstić information content (AvgIpc) is 2.30. The maximum atomic E-state index is 13.0. The number of ether oxygens (including phenoxy) is 1. The zero-order valence-electron chi connectivity index (χ0n) is 10.8. The molecule has 0 aromatic carbocycles. The molecule has 4 nitrogen and oxygen atoms in total. The summed E-state index contributed by atoms with van der Waals surface area (Å²) in [7, 11) is 0.